The summed E-state index contributed by atoms with van der Waals surface area (Å²) in [5.74, 6) is 0. The van der Waals surface area contributed by atoms with Crippen LogP contribution in [0.25, 0.3) is 11.0 Å². The average molecular weight is 308 g/mol. The number of ether oxygens (including phenoxy) is 1. The molecule has 2 rings (SSSR count). The highest BCUT2D eigenvalue weighted by atomic mass is 35.5. The van der Waals surface area contributed by atoms with Crippen LogP contribution in [0.4, 0.5) is 4.79 Å². The first-order valence-electron chi connectivity index (χ1n) is 6.60. The molecule has 0 unspecified atom stereocenters. The van der Waals surface area contributed by atoms with Crippen LogP contribution in [0.3, 0.4) is 0 Å². The molecular weight excluding hydrogens is 290 g/mol. The maximum absolute atomic E-state index is 12.0. The van der Waals surface area contributed by atoms with Crippen LogP contribution in [-0.2, 0) is 11.3 Å². The van der Waals surface area contributed by atoms with Gasteiger partial charge in [0.05, 0.1) is 17.1 Å². The molecule has 2 aromatic heterocycles. The Morgan fingerprint density at radius 1 is 1.38 bits per heavy atom. The van der Waals surface area contributed by atoms with Crippen molar-refractivity contribution >= 4 is 28.7 Å². The van der Waals surface area contributed by atoms with Crippen molar-refractivity contribution in [2.45, 2.75) is 32.9 Å². The van der Waals surface area contributed by atoms with E-state index in [2.05, 4.69) is 9.97 Å². The molecule has 0 atom stereocenters. The minimum absolute atomic E-state index is 0.313. The van der Waals surface area contributed by atoms with Gasteiger partial charge < -0.3 is 9.64 Å². The van der Waals surface area contributed by atoms with Crippen molar-refractivity contribution in [2.75, 3.05) is 7.05 Å². The summed E-state index contributed by atoms with van der Waals surface area (Å²) in [4.78, 5) is 22.0. The van der Waals surface area contributed by atoms with Gasteiger partial charge >= 0.3 is 6.09 Å². The minimum Gasteiger partial charge on any atom is -0.444 e. The number of rotatable bonds is 2. The molecule has 0 saturated carbocycles. The second kappa shape index (κ2) is 5.85. The normalized spacial score (nSPS) is 11.5. The van der Waals surface area contributed by atoms with Gasteiger partial charge in [0.1, 0.15) is 11.1 Å². The van der Waals surface area contributed by atoms with Gasteiger partial charge in [-0.25, -0.2) is 4.79 Å². The second-order valence-corrected chi connectivity index (χ2v) is 6.18. The van der Waals surface area contributed by atoms with Crippen LogP contribution in [0.1, 0.15) is 26.3 Å². The zero-order valence-corrected chi connectivity index (χ0v) is 13.3. The van der Waals surface area contributed by atoms with Crippen molar-refractivity contribution in [3.8, 4) is 0 Å². The number of amides is 1. The number of fused-ring (bicyclic) bond motifs is 1. The minimum atomic E-state index is -0.529. The van der Waals surface area contributed by atoms with E-state index in [4.69, 9.17) is 16.3 Å². The number of carbonyl (C=O) groups is 1. The Morgan fingerprint density at radius 2 is 2.10 bits per heavy atom. The van der Waals surface area contributed by atoms with Gasteiger partial charge in [0.25, 0.3) is 0 Å². The molecular formula is C15H18ClN3O2. The molecule has 0 fully saturated rings. The van der Waals surface area contributed by atoms with Gasteiger partial charge in [-0.3, -0.25) is 9.97 Å². The third kappa shape index (κ3) is 3.82. The summed E-state index contributed by atoms with van der Waals surface area (Å²) in [5, 5.41) is 0.510. The van der Waals surface area contributed by atoms with Crippen molar-refractivity contribution in [1.82, 2.24) is 14.9 Å². The molecule has 6 heteroatoms. The topological polar surface area (TPSA) is 55.3 Å². The van der Waals surface area contributed by atoms with E-state index < -0.39 is 11.7 Å². The predicted molar refractivity (Wildman–Crippen MR) is 82.2 cm³/mol. The molecule has 0 aliphatic carbocycles. The van der Waals surface area contributed by atoms with E-state index in [1.807, 2.05) is 26.8 Å². The van der Waals surface area contributed by atoms with Crippen LogP contribution < -0.4 is 0 Å². The lowest BCUT2D eigenvalue weighted by Crippen LogP contribution is -2.33. The van der Waals surface area contributed by atoms with E-state index in [0.29, 0.717) is 17.1 Å². The van der Waals surface area contributed by atoms with Gasteiger partial charge in [-0.15, -0.1) is 0 Å². The maximum atomic E-state index is 12.0. The van der Waals surface area contributed by atoms with Crippen LogP contribution in [-0.4, -0.2) is 33.6 Å². The Labute approximate surface area is 128 Å². The average Bonchev–Trinajstić information content (AvgIpc) is 2.40. The largest absolute Gasteiger partial charge is 0.444 e. The summed E-state index contributed by atoms with van der Waals surface area (Å²) in [6, 6.07) is 3.65. The lowest BCUT2D eigenvalue weighted by molar-refractivity contribution is 0.0285. The fourth-order valence-corrected chi connectivity index (χ4v) is 2.05. The molecule has 0 spiro atoms. The van der Waals surface area contributed by atoms with Crippen molar-refractivity contribution in [2.24, 2.45) is 0 Å². The van der Waals surface area contributed by atoms with Crippen LogP contribution in [0.15, 0.2) is 24.5 Å². The molecule has 0 aliphatic rings. The summed E-state index contributed by atoms with van der Waals surface area (Å²) >= 11 is 6.34. The van der Waals surface area contributed by atoms with E-state index in [1.54, 1.807) is 25.5 Å². The van der Waals surface area contributed by atoms with Gasteiger partial charge in [-0.1, -0.05) is 11.6 Å². The fourth-order valence-electron chi connectivity index (χ4n) is 1.80. The number of aromatic nitrogens is 2. The van der Waals surface area contributed by atoms with Crippen LogP contribution in [0, 0.1) is 0 Å². The zero-order chi connectivity index (χ0) is 15.6. The van der Waals surface area contributed by atoms with Crippen LogP contribution >= 0.6 is 11.6 Å². The van der Waals surface area contributed by atoms with Crippen molar-refractivity contribution in [1.29, 1.82) is 0 Å². The van der Waals surface area contributed by atoms with Crippen molar-refractivity contribution < 1.29 is 9.53 Å². The summed E-state index contributed by atoms with van der Waals surface area (Å²) in [7, 11) is 1.66. The third-order valence-corrected chi connectivity index (χ3v) is 3.17. The molecule has 0 bridgehead atoms. The number of hydrogen-bond acceptors (Lipinski definition) is 4. The van der Waals surface area contributed by atoms with Gasteiger partial charge in [-0.2, -0.15) is 0 Å². The molecule has 0 radical (unpaired) electrons. The molecule has 5 nitrogen and oxygen atoms in total. The molecule has 0 N–H and O–H groups in total. The first-order valence-corrected chi connectivity index (χ1v) is 6.98. The Hall–Kier alpha value is -1.88. The number of nitrogens with zero attached hydrogens (tertiary/aromatic N) is 3. The fraction of sp³-hybridized carbons (Fsp3) is 0.400. The van der Waals surface area contributed by atoms with Gasteiger partial charge in [-0.05, 0) is 32.9 Å². The first kappa shape index (κ1) is 15.5. The SMILES string of the molecule is CN(Cc1cnc2cccnc2c1Cl)C(=O)OC(C)(C)C. The Balaban J connectivity index is 2.20. The Kier molecular flexibility index (Phi) is 4.32. The quantitative estimate of drug-likeness (QED) is 0.850. The van der Waals surface area contributed by atoms with Crippen molar-refractivity contribution in [3.05, 3.63) is 35.1 Å². The molecule has 2 heterocycles. The van der Waals surface area contributed by atoms with Crippen molar-refractivity contribution in [3.63, 3.8) is 0 Å². The summed E-state index contributed by atoms with van der Waals surface area (Å²) in [6.07, 6.45) is 2.92. The van der Waals surface area contributed by atoms with E-state index in [-0.39, 0.29) is 0 Å². The summed E-state index contributed by atoms with van der Waals surface area (Å²) in [5.41, 5.74) is 1.56. The molecule has 2 aromatic rings. The van der Waals surface area contributed by atoms with E-state index in [0.717, 1.165) is 11.1 Å². The van der Waals surface area contributed by atoms with E-state index >= 15 is 0 Å². The number of carbonyl (C=O) groups excluding carboxylic acids is 1. The molecule has 112 valence electrons. The maximum Gasteiger partial charge on any atom is 0.410 e. The number of hydrogen-bond donors (Lipinski definition) is 0. The van der Waals surface area contributed by atoms with E-state index in [9.17, 15) is 4.79 Å². The Morgan fingerprint density at radius 3 is 2.76 bits per heavy atom. The van der Waals surface area contributed by atoms with Gasteiger partial charge in [0, 0.05) is 25.0 Å². The zero-order valence-electron chi connectivity index (χ0n) is 12.6. The van der Waals surface area contributed by atoms with Crippen LogP contribution in [0.2, 0.25) is 5.02 Å². The summed E-state index contributed by atoms with van der Waals surface area (Å²) < 4.78 is 5.31. The highest BCUT2D eigenvalue weighted by molar-refractivity contribution is 6.35. The standard InChI is InChI=1S/C15H18ClN3O2/c1-15(2,3)21-14(20)19(4)9-10-8-18-11-6-5-7-17-13(11)12(10)16/h5-8H,9H2,1-4H3. The summed E-state index contributed by atoms with van der Waals surface area (Å²) in [6.45, 7) is 5.79. The first-order chi connectivity index (χ1) is 9.78. The molecule has 1 amide bonds. The highest BCUT2D eigenvalue weighted by Gasteiger charge is 2.20. The van der Waals surface area contributed by atoms with Crippen LogP contribution in [0.5, 0.6) is 0 Å². The third-order valence-electron chi connectivity index (χ3n) is 2.75. The van der Waals surface area contributed by atoms with E-state index in [1.165, 1.54) is 4.90 Å². The smallest absolute Gasteiger partial charge is 0.410 e. The highest BCUT2D eigenvalue weighted by Crippen LogP contribution is 2.24. The molecule has 0 aromatic carbocycles. The number of pyridine rings is 2. The number of halogens is 1. The Bertz CT molecular complexity index is 668. The molecule has 0 saturated heterocycles. The predicted octanol–water partition coefficient (Wildman–Crippen LogP) is 3.65. The molecule has 0 aliphatic heterocycles. The van der Waals surface area contributed by atoms with Gasteiger partial charge in [0.2, 0.25) is 0 Å². The monoisotopic (exact) mass is 307 g/mol. The lowest BCUT2D eigenvalue weighted by atomic mass is 10.2. The van der Waals surface area contributed by atoms with Gasteiger partial charge in [0.15, 0.2) is 0 Å². The molecule has 21 heavy (non-hydrogen) atoms. The lowest BCUT2D eigenvalue weighted by Gasteiger charge is -2.24. The second-order valence-electron chi connectivity index (χ2n) is 5.80.